The number of anilines is 2. The first-order chi connectivity index (χ1) is 9.56. The summed E-state index contributed by atoms with van der Waals surface area (Å²) in [6.45, 7) is -3.48. The number of hydrogen-bond acceptors (Lipinski definition) is 3. The molecule has 0 amide bonds. The fourth-order valence-corrected chi connectivity index (χ4v) is 3.33. The maximum atomic E-state index is 10.9. The minimum atomic E-state index is -4.02. The van der Waals surface area contributed by atoms with Gasteiger partial charge >= 0.3 is 6.80 Å². The number of benzene rings is 2. The van der Waals surface area contributed by atoms with Crippen LogP contribution in [-0.4, -0.2) is 22.1 Å². The Morgan fingerprint density at radius 1 is 0.900 bits per heavy atom. The van der Waals surface area contributed by atoms with E-state index in [-0.39, 0.29) is 0 Å². The largest absolute Gasteiger partial charge is 0.384 e. The molecule has 0 unspecified atom stereocenters. The van der Waals surface area contributed by atoms with Crippen molar-refractivity contribution in [2.45, 2.75) is 0 Å². The molecule has 0 aliphatic rings. The van der Waals surface area contributed by atoms with Gasteiger partial charge in [0.1, 0.15) is 0 Å². The van der Waals surface area contributed by atoms with Crippen molar-refractivity contribution in [3.8, 4) is 0 Å². The average Bonchev–Trinajstić information content (AvgIpc) is 2.44. The summed E-state index contributed by atoms with van der Waals surface area (Å²) in [5.41, 5.74) is 2.01. The predicted octanol–water partition coefficient (Wildman–Crippen LogP) is 3.65. The summed E-state index contributed by atoms with van der Waals surface area (Å²) in [7, 11) is 0. The molecule has 0 atom stereocenters. The van der Waals surface area contributed by atoms with Gasteiger partial charge < -0.3 is 14.7 Å². The van der Waals surface area contributed by atoms with Crippen molar-refractivity contribution in [1.82, 2.24) is 0 Å². The van der Waals surface area contributed by atoms with Crippen LogP contribution >= 0.6 is 18.2 Å². The minimum Gasteiger partial charge on any atom is -0.341 e. The molecule has 0 aliphatic heterocycles. The molecule has 106 valence electrons. The molecule has 0 aliphatic carbocycles. The molecular weight excluding hydrogens is 293 g/mol. The third kappa shape index (κ3) is 4.69. The number of rotatable bonds is 6. The monoisotopic (exact) mass is 309 g/mol. The standard InChI is InChI=1S/C14H16NO3PS/c16-19(17,18)20-12-11-15(13-7-3-1-4-8-13)14-9-5-2-6-10-14/h1-10H,11-12H2,(H2,16,17,18). The zero-order chi connectivity index (χ0) is 14.4. The first-order valence-electron chi connectivity index (χ1n) is 6.14. The summed E-state index contributed by atoms with van der Waals surface area (Å²) in [6, 6.07) is 19.6. The zero-order valence-electron chi connectivity index (χ0n) is 10.8. The van der Waals surface area contributed by atoms with Gasteiger partial charge in [-0.1, -0.05) is 36.4 Å². The second-order valence-corrected chi connectivity index (χ2v) is 8.00. The Balaban J connectivity index is 2.15. The Morgan fingerprint density at radius 3 is 1.75 bits per heavy atom. The molecule has 2 aromatic carbocycles. The number of nitrogens with zero attached hydrogens (tertiary/aromatic N) is 1. The van der Waals surface area contributed by atoms with Gasteiger partial charge in [0, 0.05) is 23.7 Å². The Morgan fingerprint density at radius 2 is 1.35 bits per heavy atom. The molecule has 20 heavy (non-hydrogen) atoms. The van der Waals surface area contributed by atoms with E-state index >= 15 is 0 Å². The molecule has 2 aromatic rings. The number of hydrogen-bond donors (Lipinski definition) is 2. The molecule has 2 N–H and O–H groups in total. The highest BCUT2D eigenvalue weighted by Crippen LogP contribution is 2.50. The quantitative estimate of drug-likeness (QED) is 0.798. The van der Waals surface area contributed by atoms with Gasteiger partial charge in [0.05, 0.1) is 0 Å². The van der Waals surface area contributed by atoms with Crippen LogP contribution in [0.3, 0.4) is 0 Å². The van der Waals surface area contributed by atoms with Crippen LogP contribution in [0, 0.1) is 0 Å². The minimum absolute atomic E-state index is 0.355. The Labute approximate surface area is 122 Å². The first kappa shape index (κ1) is 15.1. The normalized spacial score (nSPS) is 11.3. The van der Waals surface area contributed by atoms with Gasteiger partial charge in [-0.25, -0.2) is 4.57 Å². The molecule has 0 fully saturated rings. The maximum absolute atomic E-state index is 10.9. The fraction of sp³-hybridized carbons (Fsp3) is 0.143. The van der Waals surface area contributed by atoms with Crippen molar-refractivity contribution in [1.29, 1.82) is 0 Å². The van der Waals surface area contributed by atoms with E-state index in [0.717, 1.165) is 11.4 Å². The Kier molecular flexibility index (Phi) is 5.26. The van der Waals surface area contributed by atoms with E-state index in [1.807, 2.05) is 65.6 Å². The predicted molar refractivity (Wildman–Crippen MR) is 84.4 cm³/mol. The summed E-state index contributed by atoms with van der Waals surface area (Å²) >= 11 is 0.676. The van der Waals surface area contributed by atoms with Crippen LogP contribution in [0.25, 0.3) is 0 Å². The van der Waals surface area contributed by atoms with E-state index in [1.54, 1.807) is 0 Å². The van der Waals surface area contributed by atoms with Crippen LogP contribution in [0.4, 0.5) is 11.4 Å². The van der Waals surface area contributed by atoms with Crippen molar-refractivity contribution in [3.05, 3.63) is 60.7 Å². The third-order valence-electron chi connectivity index (χ3n) is 2.71. The molecule has 0 aromatic heterocycles. The first-order valence-corrected chi connectivity index (χ1v) is 9.34. The Bertz CT molecular complexity index is 534. The summed E-state index contributed by atoms with van der Waals surface area (Å²) in [5.74, 6) is 0.355. The number of para-hydroxylation sites is 2. The highest BCUT2D eigenvalue weighted by molar-refractivity contribution is 8.54. The van der Waals surface area contributed by atoms with Crippen LogP contribution in [0.1, 0.15) is 0 Å². The smallest absolute Gasteiger partial charge is 0.341 e. The highest BCUT2D eigenvalue weighted by Gasteiger charge is 2.15. The summed E-state index contributed by atoms with van der Waals surface area (Å²) < 4.78 is 10.9. The van der Waals surface area contributed by atoms with Crippen LogP contribution in [0.2, 0.25) is 0 Å². The van der Waals surface area contributed by atoms with E-state index in [1.165, 1.54) is 0 Å². The second kappa shape index (κ2) is 6.95. The van der Waals surface area contributed by atoms with E-state index in [9.17, 15) is 4.57 Å². The van der Waals surface area contributed by atoms with Crippen LogP contribution in [0.5, 0.6) is 0 Å². The van der Waals surface area contributed by atoms with E-state index in [0.29, 0.717) is 23.7 Å². The van der Waals surface area contributed by atoms with Crippen LogP contribution in [0.15, 0.2) is 60.7 Å². The van der Waals surface area contributed by atoms with Crippen molar-refractivity contribution in [3.63, 3.8) is 0 Å². The van der Waals surface area contributed by atoms with E-state index < -0.39 is 6.80 Å². The molecule has 0 radical (unpaired) electrons. The zero-order valence-corrected chi connectivity index (χ0v) is 12.5. The third-order valence-corrected chi connectivity index (χ3v) is 4.97. The molecule has 4 nitrogen and oxygen atoms in total. The SMILES string of the molecule is O=P(O)(O)SCCN(c1ccccc1)c1ccccc1. The second-order valence-electron chi connectivity index (χ2n) is 4.15. The van der Waals surface area contributed by atoms with E-state index in [4.69, 9.17) is 9.79 Å². The molecule has 6 heteroatoms. The molecule has 0 heterocycles. The summed E-state index contributed by atoms with van der Waals surface area (Å²) in [4.78, 5) is 19.9. The van der Waals surface area contributed by atoms with Crippen LogP contribution < -0.4 is 4.90 Å². The van der Waals surface area contributed by atoms with E-state index in [2.05, 4.69) is 0 Å². The van der Waals surface area contributed by atoms with Gasteiger partial charge in [0.15, 0.2) is 0 Å². The van der Waals surface area contributed by atoms with Crippen molar-refractivity contribution in [2.24, 2.45) is 0 Å². The van der Waals surface area contributed by atoms with Gasteiger partial charge in [0.25, 0.3) is 0 Å². The van der Waals surface area contributed by atoms with Gasteiger partial charge in [-0.3, -0.25) is 0 Å². The van der Waals surface area contributed by atoms with Crippen molar-refractivity contribution in [2.75, 3.05) is 17.2 Å². The molecule has 0 saturated heterocycles. The van der Waals surface area contributed by atoms with Crippen molar-refractivity contribution < 1.29 is 14.4 Å². The van der Waals surface area contributed by atoms with Gasteiger partial charge in [-0.15, -0.1) is 0 Å². The molecule has 0 bridgehead atoms. The molecule has 2 rings (SSSR count). The lowest BCUT2D eigenvalue weighted by Gasteiger charge is -2.24. The summed E-state index contributed by atoms with van der Waals surface area (Å²) in [5, 5.41) is 0. The molecule has 0 saturated carbocycles. The van der Waals surface area contributed by atoms with Crippen LogP contribution in [-0.2, 0) is 4.57 Å². The lowest BCUT2D eigenvalue weighted by atomic mass is 10.2. The molecule has 0 spiro atoms. The average molecular weight is 309 g/mol. The fourth-order valence-electron chi connectivity index (χ4n) is 1.87. The van der Waals surface area contributed by atoms with Gasteiger partial charge in [-0.05, 0) is 35.6 Å². The topological polar surface area (TPSA) is 60.8 Å². The van der Waals surface area contributed by atoms with Gasteiger partial charge in [0.2, 0.25) is 0 Å². The summed E-state index contributed by atoms with van der Waals surface area (Å²) in [6.07, 6.45) is 0. The highest BCUT2D eigenvalue weighted by atomic mass is 32.7. The van der Waals surface area contributed by atoms with Crippen molar-refractivity contribution >= 4 is 29.6 Å². The molecular formula is C14H16NO3PS. The van der Waals surface area contributed by atoms with Gasteiger partial charge in [-0.2, -0.15) is 0 Å². The maximum Gasteiger partial charge on any atom is 0.384 e. The Hall–Kier alpha value is -1.26. The lowest BCUT2D eigenvalue weighted by molar-refractivity contribution is 0.397. The lowest BCUT2D eigenvalue weighted by Crippen LogP contribution is -2.19.